The zero-order valence-corrected chi connectivity index (χ0v) is 15.8. The number of nitrogens with zero attached hydrogens (tertiary/aromatic N) is 4. The Balaban J connectivity index is 1.32. The average Bonchev–Trinajstić information content (AvgIpc) is 3.46. The lowest BCUT2D eigenvalue weighted by Crippen LogP contribution is -2.31. The van der Waals surface area contributed by atoms with Gasteiger partial charge in [-0.15, -0.1) is 11.3 Å². The van der Waals surface area contributed by atoms with Crippen LogP contribution in [-0.4, -0.2) is 26.4 Å². The molecule has 0 amide bonds. The molecule has 3 heterocycles. The van der Waals surface area contributed by atoms with Crippen LogP contribution in [0.4, 0.5) is 0 Å². The second-order valence-corrected chi connectivity index (χ2v) is 8.41. The molecule has 5 heteroatoms. The van der Waals surface area contributed by atoms with E-state index < -0.39 is 0 Å². The quantitative estimate of drug-likeness (QED) is 0.692. The van der Waals surface area contributed by atoms with Crippen LogP contribution in [0, 0.1) is 6.92 Å². The lowest BCUT2D eigenvalue weighted by atomic mass is 10.1. The molecule has 1 fully saturated rings. The van der Waals surface area contributed by atoms with Crippen molar-refractivity contribution in [1.29, 1.82) is 0 Å². The predicted molar refractivity (Wildman–Crippen MR) is 104 cm³/mol. The molecule has 0 unspecified atom stereocenters. The summed E-state index contributed by atoms with van der Waals surface area (Å²) in [5.41, 5.74) is 4.92. The molecular formula is C21H22N4S. The maximum Gasteiger partial charge on any atom is 0.131 e. The number of fused-ring (bicyclic) bond motifs is 1. The fraction of sp³-hybridized carbons (Fsp3) is 0.381. The number of thiazole rings is 1. The van der Waals surface area contributed by atoms with E-state index >= 15 is 0 Å². The molecule has 0 N–H and O–H groups in total. The maximum absolute atomic E-state index is 4.83. The van der Waals surface area contributed by atoms with Crippen molar-refractivity contribution in [3.05, 3.63) is 64.2 Å². The van der Waals surface area contributed by atoms with Gasteiger partial charge in [-0.25, -0.2) is 15.0 Å². The van der Waals surface area contributed by atoms with E-state index in [1.165, 1.54) is 34.5 Å². The molecular weight excluding hydrogens is 340 g/mol. The van der Waals surface area contributed by atoms with E-state index in [0.29, 0.717) is 5.92 Å². The Kier molecular flexibility index (Phi) is 4.06. The summed E-state index contributed by atoms with van der Waals surface area (Å²) in [5.74, 6) is 1.71. The molecule has 1 saturated carbocycles. The summed E-state index contributed by atoms with van der Waals surface area (Å²) < 4.78 is 0. The molecule has 2 aromatic heterocycles. The van der Waals surface area contributed by atoms with E-state index in [1.54, 1.807) is 0 Å². The molecule has 5 rings (SSSR count). The smallest absolute Gasteiger partial charge is 0.131 e. The van der Waals surface area contributed by atoms with Crippen LogP contribution in [0.5, 0.6) is 0 Å². The molecule has 0 bridgehead atoms. The third-order valence-electron chi connectivity index (χ3n) is 5.25. The number of aryl methyl sites for hydroxylation is 1. The van der Waals surface area contributed by atoms with Crippen LogP contribution in [0.2, 0.25) is 0 Å². The normalized spacial score (nSPS) is 17.3. The number of rotatable bonds is 4. The standard InChI is InChI=1S/C21H22N4S/c1-14-19(26-21(23-14)16-5-3-2-4-6-16)13-25-10-9-18-17(12-25)11-22-20(24-18)15-7-8-15/h2-6,11,15H,7-10,12-13H2,1H3. The molecule has 26 heavy (non-hydrogen) atoms. The van der Waals surface area contributed by atoms with Gasteiger partial charge in [-0.1, -0.05) is 30.3 Å². The maximum atomic E-state index is 4.83. The Labute approximate surface area is 158 Å². The minimum atomic E-state index is 0.634. The summed E-state index contributed by atoms with van der Waals surface area (Å²) in [5, 5.41) is 1.12. The first-order valence-electron chi connectivity index (χ1n) is 9.35. The molecule has 1 aliphatic heterocycles. The van der Waals surface area contributed by atoms with Crippen molar-refractivity contribution in [2.75, 3.05) is 6.54 Å². The first-order valence-corrected chi connectivity index (χ1v) is 10.2. The topological polar surface area (TPSA) is 41.9 Å². The highest BCUT2D eigenvalue weighted by atomic mass is 32.1. The lowest BCUT2D eigenvalue weighted by Gasteiger charge is -2.27. The first kappa shape index (κ1) is 16.1. The molecule has 4 nitrogen and oxygen atoms in total. The molecule has 3 aromatic rings. The van der Waals surface area contributed by atoms with Crippen LogP contribution in [0.3, 0.4) is 0 Å². The highest BCUT2D eigenvalue weighted by Gasteiger charge is 2.28. The van der Waals surface area contributed by atoms with Gasteiger partial charge in [0.25, 0.3) is 0 Å². The van der Waals surface area contributed by atoms with Gasteiger partial charge in [-0.3, -0.25) is 4.90 Å². The van der Waals surface area contributed by atoms with E-state index in [4.69, 9.17) is 9.97 Å². The molecule has 0 spiro atoms. The van der Waals surface area contributed by atoms with Gasteiger partial charge in [0.1, 0.15) is 10.8 Å². The van der Waals surface area contributed by atoms with Gasteiger partial charge in [0, 0.05) is 59.9 Å². The summed E-state index contributed by atoms with van der Waals surface area (Å²) in [6.45, 7) is 5.09. The van der Waals surface area contributed by atoms with Crippen LogP contribution in [0.15, 0.2) is 36.5 Å². The number of benzene rings is 1. The molecule has 0 saturated heterocycles. The van der Waals surface area contributed by atoms with Crippen molar-refractivity contribution in [1.82, 2.24) is 19.9 Å². The van der Waals surface area contributed by atoms with Crippen LogP contribution < -0.4 is 0 Å². The zero-order valence-electron chi connectivity index (χ0n) is 15.0. The van der Waals surface area contributed by atoms with Gasteiger partial charge in [-0.2, -0.15) is 0 Å². The largest absolute Gasteiger partial charge is 0.293 e. The first-order chi connectivity index (χ1) is 12.8. The highest BCUT2D eigenvalue weighted by Crippen LogP contribution is 2.38. The molecule has 0 radical (unpaired) electrons. The average molecular weight is 363 g/mol. The van der Waals surface area contributed by atoms with Gasteiger partial charge in [0.2, 0.25) is 0 Å². The molecule has 2 aliphatic rings. The predicted octanol–water partition coefficient (Wildman–Crippen LogP) is 4.34. The minimum absolute atomic E-state index is 0.634. The molecule has 132 valence electrons. The SMILES string of the molecule is Cc1nc(-c2ccccc2)sc1CN1CCc2nc(C3CC3)ncc2C1. The second-order valence-electron chi connectivity index (χ2n) is 7.33. The Bertz CT molecular complexity index is 930. The van der Waals surface area contributed by atoms with E-state index in [0.717, 1.165) is 42.6 Å². The fourth-order valence-electron chi connectivity index (χ4n) is 3.55. The molecule has 1 aromatic carbocycles. The third kappa shape index (κ3) is 3.17. The number of aromatic nitrogens is 3. The summed E-state index contributed by atoms with van der Waals surface area (Å²) in [4.78, 5) is 18.1. The Morgan fingerprint density at radius 3 is 2.81 bits per heavy atom. The molecule has 0 atom stereocenters. The van der Waals surface area contributed by atoms with Crippen molar-refractivity contribution in [2.24, 2.45) is 0 Å². The summed E-state index contributed by atoms with van der Waals surface area (Å²) >= 11 is 1.82. The second kappa shape index (κ2) is 6.56. The molecule has 1 aliphatic carbocycles. The van der Waals surface area contributed by atoms with Crippen molar-refractivity contribution in [3.8, 4) is 10.6 Å². The zero-order chi connectivity index (χ0) is 17.5. The third-order valence-corrected chi connectivity index (χ3v) is 6.45. The van der Waals surface area contributed by atoms with E-state index in [2.05, 4.69) is 47.3 Å². The van der Waals surface area contributed by atoms with E-state index in [9.17, 15) is 0 Å². The lowest BCUT2D eigenvalue weighted by molar-refractivity contribution is 0.244. The van der Waals surface area contributed by atoms with Crippen LogP contribution in [0.25, 0.3) is 10.6 Å². The van der Waals surface area contributed by atoms with Crippen LogP contribution in [0.1, 0.15) is 46.4 Å². The summed E-state index contributed by atoms with van der Waals surface area (Å²) in [7, 11) is 0. The van der Waals surface area contributed by atoms with Crippen molar-refractivity contribution in [3.63, 3.8) is 0 Å². The summed E-state index contributed by atoms with van der Waals surface area (Å²) in [6.07, 6.45) is 5.62. The van der Waals surface area contributed by atoms with Gasteiger partial charge in [-0.05, 0) is 19.8 Å². The van der Waals surface area contributed by atoms with E-state index in [-0.39, 0.29) is 0 Å². The number of hydrogen-bond acceptors (Lipinski definition) is 5. The van der Waals surface area contributed by atoms with Crippen LogP contribution >= 0.6 is 11.3 Å². The minimum Gasteiger partial charge on any atom is -0.293 e. The van der Waals surface area contributed by atoms with Gasteiger partial charge < -0.3 is 0 Å². The van der Waals surface area contributed by atoms with Crippen molar-refractivity contribution >= 4 is 11.3 Å². The van der Waals surface area contributed by atoms with Crippen LogP contribution in [-0.2, 0) is 19.5 Å². The Hall–Kier alpha value is -2.11. The van der Waals surface area contributed by atoms with E-state index in [1.807, 2.05) is 17.4 Å². The Morgan fingerprint density at radius 2 is 2.00 bits per heavy atom. The monoisotopic (exact) mass is 362 g/mol. The van der Waals surface area contributed by atoms with Gasteiger partial charge >= 0.3 is 0 Å². The fourth-order valence-corrected chi connectivity index (χ4v) is 4.66. The van der Waals surface area contributed by atoms with Gasteiger partial charge in [0.05, 0.1) is 5.69 Å². The van der Waals surface area contributed by atoms with Crippen molar-refractivity contribution in [2.45, 2.75) is 45.2 Å². The Morgan fingerprint density at radius 1 is 1.15 bits per heavy atom. The van der Waals surface area contributed by atoms with Crippen molar-refractivity contribution < 1.29 is 0 Å². The highest BCUT2D eigenvalue weighted by molar-refractivity contribution is 7.15. The summed E-state index contributed by atoms with van der Waals surface area (Å²) in [6, 6.07) is 10.5. The number of hydrogen-bond donors (Lipinski definition) is 0. The van der Waals surface area contributed by atoms with Gasteiger partial charge in [0.15, 0.2) is 0 Å².